The van der Waals surface area contributed by atoms with Gasteiger partial charge in [-0.2, -0.15) is 0 Å². The summed E-state index contributed by atoms with van der Waals surface area (Å²) >= 11 is 2.37. The number of likely N-dealkylation sites (tertiary alicyclic amines) is 1. The molecule has 6 heteroatoms. The molecule has 3 saturated heterocycles. The average molecular weight is 420 g/mol. The quantitative estimate of drug-likeness (QED) is 0.498. The minimum atomic E-state index is 0.279. The van der Waals surface area contributed by atoms with Crippen molar-refractivity contribution in [2.45, 2.75) is 31.7 Å². The van der Waals surface area contributed by atoms with E-state index in [1.165, 1.54) is 25.9 Å². The summed E-state index contributed by atoms with van der Waals surface area (Å²) in [7, 11) is 2.22. The van der Waals surface area contributed by atoms with Crippen molar-refractivity contribution in [1.29, 1.82) is 0 Å². The number of hydrogen-bond donors (Lipinski definition) is 0. The third-order valence-electron chi connectivity index (χ3n) is 5.62. The summed E-state index contributed by atoms with van der Waals surface area (Å²) in [6.45, 7) is 8.60. The predicted molar refractivity (Wildman–Crippen MR) is 97.0 cm³/mol. The van der Waals surface area contributed by atoms with Crippen LogP contribution >= 0.6 is 22.9 Å². The molecule has 0 atom stereocenters. The Morgan fingerprint density at radius 2 is 1.45 bits per heavy atom. The second-order valence-electron chi connectivity index (χ2n) is 7.08. The van der Waals surface area contributed by atoms with Crippen LogP contribution in [0.3, 0.4) is 0 Å². The maximum absolute atomic E-state index is 12.7. The molecule has 0 N–H and O–H groups in total. The molecule has 0 bridgehead atoms. The van der Waals surface area contributed by atoms with Crippen molar-refractivity contribution in [3.63, 3.8) is 0 Å². The Balaban J connectivity index is 1.44. The van der Waals surface area contributed by atoms with Crippen molar-refractivity contribution in [3.8, 4) is 0 Å². The molecule has 0 radical (unpaired) electrons. The topological polar surface area (TPSA) is 30.0 Å². The number of hydrogen-bond acceptors (Lipinski definition) is 4. The lowest BCUT2D eigenvalue weighted by atomic mass is 9.96. The molecule has 3 fully saturated rings. The molecule has 3 rings (SSSR count). The van der Waals surface area contributed by atoms with Crippen molar-refractivity contribution in [2.75, 3.05) is 59.4 Å². The van der Waals surface area contributed by atoms with Gasteiger partial charge in [0.1, 0.15) is 0 Å². The van der Waals surface area contributed by atoms with E-state index in [1.807, 2.05) is 0 Å². The van der Waals surface area contributed by atoms with Crippen LogP contribution in [0.4, 0.5) is 0 Å². The van der Waals surface area contributed by atoms with E-state index in [9.17, 15) is 4.79 Å². The lowest BCUT2D eigenvalue weighted by Gasteiger charge is -2.43. The number of carbonyl (C=O) groups is 1. The zero-order valence-electron chi connectivity index (χ0n) is 13.7. The van der Waals surface area contributed by atoms with Gasteiger partial charge in [-0.25, -0.2) is 3.11 Å². The van der Waals surface area contributed by atoms with Crippen LogP contribution in [0.1, 0.15) is 25.7 Å². The Bertz CT molecular complexity index is 370. The zero-order chi connectivity index (χ0) is 15.5. The predicted octanol–water partition coefficient (Wildman–Crippen LogP) is 1.29. The summed E-state index contributed by atoms with van der Waals surface area (Å²) in [6.07, 6.45) is 4.66. The van der Waals surface area contributed by atoms with Gasteiger partial charge in [0, 0.05) is 74.1 Å². The van der Waals surface area contributed by atoms with Crippen LogP contribution in [-0.4, -0.2) is 89.2 Å². The Morgan fingerprint density at radius 1 is 0.864 bits per heavy atom. The average Bonchev–Trinajstić information content (AvgIpc) is 2.56. The first-order valence-electron chi connectivity index (χ1n) is 8.75. The van der Waals surface area contributed by atoms with E-state index in [-0.39, 0.29) is 5.92 Å². The Kier molecular flexibility index (Phi) is 5.97. The van der Waals surface area contributed by atoms with Crippen LogP contribution in [0, 0.1) is 5.92 Å². The van der Waals surface area contributed by atoms with Gasteiger partial charge in [0.2, 0.25) is 5.91 Å². The Morgan fingerprint density at radius 3 is 2.05 bits per heavy atom. The molecule has 22 heavy (non-hydrogen) atoms. The van der Waals surface area contributed by atoms with E-state index in [4.69, 9.17) is 0 Å². The molecule has 0 aromatic rings. The minimum Gasteiger partial charge on any atom is -0.340 e. The first-order chi connectivity index (χ1) is 10.6. The van der Waals surface area contributed by atoms with Gasteiger partial charge in [-0.1, -0.05) is 0 Å². The Hall–Kier alpha value is 0.0800. The fourth-order valence-corrected chi connectivity index (χ4v) is 4.58. The maximum Gasteiger partial charge on any atom is 0.225 e. The lowest BCUT2D eigenvalue weighted by molar-refractivity contribution is -0.138. The molecule has 5 nitrogen and oxygen atoms in total. The van der Waals surface area contributed by atoms with Crippen LogP contribution in [0.2, 0.25) is 0 Å². The van der Waals surface area contributed by atoms with Crippen LogP contribution in [0.5, 0.6) is 0 Å². The van der Waals surface area contributed by atoms with Gasteiger partial charge < -0.3 is 9.80 Å². The Labute approximate surface area is 148 Å². The first-order valence-corrected chi connectivity index (χ1v) is 9.72. The molecule has 126 valence electrons. The number of rotatable bonds is 2. The molecule has 0 spiro atoms. The van der Waals surface area contributed by atoms with Crippen molar-refractivity contribution < 1.29 is 4.79 Å². The zero-order valence-corrected chi connectivity index (χ0v) is 15.9. The highest BCUT2D eigenvalue weighted by Gasteiger charge is 2.32. The van der Waals surface area contributed by atoms with Crippen molar-refractivity contribution in [2.24, 2.45) is 5.92 Å². The van der Waals surface area contributed by atoms with E-state index in [2.05, 4.69) is 47.7 Å². The summed E-state index contributed by atoms with van der Waals surface area (Å²) in [6, 6.07) is 0.746. The van der Waals surface area contributed by atoms with E-state index < -0.39 is 0 Å². The van der Waals surface area contributed by atoms with Crippen LogP contribution in [-0.2, 0) is 4.79 Å². The first kappa shape index (κ1) is 16.9. The normalized spacial score (nSPS) is 28.2. The smallest absolute Gasteiger partial charge is 0.225 e. The van der Waals surface area contributed by atoms with E-state index >= 15 is 0 Å². The molecule has 3 aliphatic heterocycles. The molecule has 3 heterocycles. The van der Waals surface area contributed by atoms with E-state index in [0.29, 0.717) is 5.91 Å². The van der Waals surface area contributed by atoms with Crippen molar-refractivity contribution in [1.82, 2.24) is 17.8 Å². The highest BCUT2D eigenvalue weighted by Crippen LogP contribution is 2.23. The molecule has 1 amide bonds. The largest absolute Gasteiger partial charge is 0.340 e. The fraction of sp³-hybridized carbons (Fsp3) is 0.938. The van der Waals surface area contributed by atoms with Gasteiger partial charge in [-0.15, -0.1) is 0 Å². The number of piperazine rings is 1. The third kappa shape index (κ3) is 4.13. The second kappa shape index (κ2) is 7.77. The number of nitrogens with zero attached hydrogens (tertiary/aromatic N) is 4. The molecule has 0 saturated carbocycles. The van der Waals surface area contributed by atoms with Gasteiger partial charge in [0.15, 0.2) is 0 Å². The van der Waals surface area contributed by atoms with Crippen LogP contribution < -0.4 is 0 Å². The maximum atomic E-state index is 12.7. The van der Waals surface area contributed by atoms with Crippen LogP contribution in [0.25, 0.3) is 0 Å². The summed E-state index contributed by atoms with van der Waals surface area (Å²) in [5, 5.41) is 0. The summed E-state index contributed by atoms with van der Waals surface area (Å²) in [5.74, 6) is 0.702. The summed E-state index contributed by atoms with van der Waals surface area (Å²) in [5.41, 5.74) is 0. The molecule has 0 unspecified atom stereocenters. The number of halogens is 1. The van der Waals surface area contributed by atoms with E-state index in [0.717, 1.165) is 58.2 Å². The van der Waals surface area contributed by atoms with Gasteiger partial charge in [0.05, 0.1) is 0 Å². The molecule has 0 aromatic heterocycles. The number of amides is 1. The molecule has 0 aromatic carbocycles. The van der Waals surface area contributed by atoms with Crippen LogP contribution in [0.15, 0.2) is 0 Å². The van der Waals surface area contributed by atoms with Gasteiger partial charge >= 0.3 is 0 Å². The highest BCUT2D eigenvalue weighted by molar-refractivity contribution is 14.1. The highest BCUT2D eigenvalue weighted by atomic mass is 127. The van der Waals surface area contributed by atoms with Gasteiger partial charge in [0.25, 0.3) is 0 Å². The van der Waals surface area contributed by atoms with E-state index in [1.54, 1.807) is 0 Å². The van der Waals surface area contributed by atoms with Crippen molar-refractivity contribution in [3.05, 3.63) is 0 Å². The van der Waals surface area contributed by atoms with Crippen molar-refractivity contribution >= 4 is 28.8 Å². The summed E-state index contributed by atoms with van der Waals surface area (Å²) < 4.78 is 2.31. The monoisotopic (exact) mass is 420 g/mol. The number of piperidine rings is 2. The lowest BCUT2D eigenvalue weighted by Crippen LogP contribution is -2.55. The molecule has 0 aliphatic carbocycles. The molecular formula is C16H29IN4O. The number of carbonyl (C=O) groups excluding carboxylic acids is 1. The summed E-state index contributed by atoms with van der Waals surface area (Å²) in [4.78, 5) is 19.9. The molecular weight excluding hydrogens is 391 g/mol. The van der Waals surface area contributed by atoms with Gasteiger partial charge in [-0.3, -0.25) is 9.69 Å². The fourth-order valence-electron chi connectivity index (χ4n) is 4.02. The third-order valence-corrected chi connectivity index (χ3v) is 6.58. The second-order valence-corrected chi connectivity index (χ2v) is 8.44. The minimum absolute atomic E-state index is 0.279. The van der Waals surface area contributed by atoms with Gasteiger partial charge in [-0.05, 0) is 45.8 Å². The standard InChI is InChI=1S/C16H29IN4O/c1-18-6-4-15(5-7-18)19-10-12-20(13-11-19)16(22)14-2-8-21(17)9-3-14/h14-15H,2-13H2,1H3. The molecule has 3 aliphatic rings. The SMILES string of the molecule is CN1CCC(N2CCN(C(=O)C3CCN(I)CC3)CC2)CC1.